The van der Waals surface area contributed by atoms with Crippen LogP contribution in [-0.2, 0) is 0 Å². The molecule has 30 heavy (non-hydrogen) atoms. The van der Waals surface area contributed by atoms with E-state index in [9.17, 15) is 9.18 Å². The third-order valence-corrected chi connectivity index (χ3v) is 4.61. The van der Waals surface area contributed by atoms with Crippen molar-refractivity contribution in [3.05, 3.63) is 72.3 Å². The second kappa shape index (κ2) is 7.41. The molecule has 148 valence electrons. The lowest BCUT2D eigenvalue weighted by Gasteiger charge is -2.17. The number of H-pyrrole nitrogens is 1. The average molecular weight is 399 g/mol. The lowest BCUT2D eigenvalue weighted by atomic mass is 10.1. The molecule has 1 aromatic carbocycles. The SMILES string of the molecule is CC(C)(C#N)NC(=O)c1cccc(-c2cnc3[nH]c(-c4ccc(F)cc4)cc3c2)n1. The van der Waals surface area contributed by atoms with Crippen molar-refractivity contribution in [3.63, 3.8) is 0 Å². The summed E-state index contributed by atoms with van der Waals surface area (Å²) in [4.78, 5) is 24.5. The zero-order valence-corrected chi connectivity index (χ0v) is 16.4. The molecule has 4 aromatic rings. The minimum atomic E-state index is -0.989. The molecule has 0 aliphatic rings. The van der Waals surface area contributed by atoms with Gasteiger partial charge in [-0.2, -0.15) is 5.26 Å². The van der Waals surface area contributed by atoms with Crippen LogP contribution in [0.15, 0.2) is 60.8 Å². The maximum Gasteiger partial charge on any atom is 0.271 e. The number of nitrogens with zero attached hydrogens (tertiary/aromatic N) is 3. The smallest absolute Gasteiger partial charge is 0.271 e. The maximum atomic E-state index is 13.2. The van der Waals surface area contributed by atoms with Gasteiger partial charge in [0.15, 0.2) is 0 Å². The van der Waals surface area contributed by atoms with Gasteiger partial charge in [0.05, 0.1) is 11.8 Å². The minimum Gasteiger partial charge on any atom is -0.339 e. The molecule has 7 heteroatoms. The first kappa shape index (κ1) is 19.3. The first-order valence-electron chi connectivity index (χ1n) is 9.30. The molecule has 0 aliphatic carbocycles. The summed E-state index contributed by atoms with van der Waals surface area (Å²) >= 11 is 0. The van der Waals surface area contributed by atoms with Crippen LogP contribution in [0.25, 0.3) is 33.5 Å². The molecule has 0 unspecified atom stereocenters. The first-order chi connectivity index (χ1) is 14.3. The number of nitriles is 1. The van der Waals surface area contributed by atoms with Crippen molar-refractivity contribution in [3.8, 4) is 28.6 Å². The summed E-state index contributed by atoms with van der Waals surface area (Å²) < 4.78 is 13.2. The number of aromatic amines is 1. The number of fused-ring (bicyclic) bond motifs is 1. The molecule has 0 fully saturated rings. The van der Waals surface area contributed by atoms with Crippen molar-refractivity contribution in [2.45, 2.75) is 19.4 Å². The molecule has 2 N–H and O–H groups in total. The number of aromatic nitrogens is 3. The van der Waals surface area contributed by atoms with Gasteiger partial charge in [-0.1, -0.05) is 6.07 Å². The molecule has 6 nitrogen and oxygen atoms in total. The Morgan fingerprint density at radius 2 is 1.90 bits per heavy atom. The molecule has 0 spiro atoms. The van der Waals surface area contributed by atoms with Gasteiger partial charge in [-0.15, -0.1) is 0 Å². The van der Waals surface area contributed by atoms with E-state index in [4.69, 9.17) is 5.26 Å². The van der Waals surface area contributed by atoms with E-state index in [1.165, 1.54) is 12.1 Å². The number of carbonyl (C=O) groups is 1. The van der Waals surface area contributed by atoms with Gasteiger partial charge in [-0.3, -0.25) is 4.79 Å². The molecule has 0 saturated heterocycles. The zero-order valence-electron chi connectivity index (χ0n) is 16.4. The highest BCUT2D eigenvalue weighted by Crippen LogP contribution is 2.26. The van der Waals surface area contributed by atoms with Crippen molar-refractivity contribution >= 4 is 16.9 Å². The normalized spacial score (nSPS) is 11.3. The lowest BCUT2D eigenvalue weighted by molar-refractivity contribution is 0.0924. The van der Waals surface area contributed by atoms with Crippen LogP contribution in [0.3, 0.4) is 0 Å². The van der Waals surface area contributed by atoms with Crippen LogP contribution >= 0.6 is 0 Å². The number of nitrogens with one attached hydrogen (secondary N) is 2. The Morgan fingerprint density at radius 3 is 2.63 bits per heavy atom. The summed E-state index contributed by atoms with van der Waals surface area (Å²) in [6, 6.07) is 17.2. The lowest BCUT2D eigenvalue weighted by Crippen LogP contribution is -2.42. The molecular weight excluding hydrogens is 381 g/mol. The molecule has 4 rings (SSSR count). The quantitative estimate of drug-likeness (QED) is 0.530. The Hall–Kier alpha value is -4.05. The summed E-state index contributed by atoms with van der Waals surface area (Å²) in [5.41, 5.74) is 2.96. The highest BCUT2D eigenvalue weighted by molar-refractivity contribution is 5.94. The van der Waals surface area contributed by atoms with E-state index in [1.54, 1.807) is 50.4 Å². The molecular formula is C23H18FN5O. The third-order valence-electron chi connectivity index (χ3n) is 4.61. The van der Waals surface area contributed by atoms with Gasteiger partial charge in [-0.05, 0) is 67.9 Å². The highest BCUT2D eigenvalue weighted by Gasteiger charge is 2.21. The number of amides is 1. The standard InChI is InChI=1S/C23H18FN5O/c1-23(2,13-25)29-22(30)19-5-3-4-18(27-19)16-10-15-11-20(28-21(15)26-12-16)14-6-8-17(24)9-7-14/h3-12H,1-2H3,(H,26,28)(H,29,30). The Balaban J connectivity index is 1.66. The van der Waals surface area contributed by atoms with Crippen molar-refractivity contribution in [2.24, 2.45) is 0 Å². The number of hydrogen-bond acceptors (Lipinski definition) is 4. The van der Waals surface area contributed by atoms with Gasteiger partial charge in [0.25, 0.3) is 5.91 Å². The van der Waals surface area contributed by atoms with Gasteiger partial charge in [0, 0.05) is 22.8 Å². The predicted octanol–water partition coefficient (Wildman–Crippen LogP) is 4.46. The second-order valence-electron chi connectivity index (χ2n) is 7.45. The van der Waals surface area contributed by atoms with Crippen LogP contribution in [0.4, 0.5) is 4.39 Å². The molecule has 0 radical (unpaired) electrons. The van der Waals surface area contributed by atoms with Crippen LogP contribution in [-0.4, -0.2) is 26.4 Å². The number of pyridine rings is 2. The fourth-order valence-electron chi connectivity index (χ4n) is 3.04. The fraction of sp³-hybridized carbons (Fsp3) is 0.130. The van der Waals surface area contributed by atoms with Crippen LogP contribution < -0.4 is 5.32 Å². The molecule has 3 heterocycles. The van der Waals surface area contributed by atoms with Gasteiger partial charge in [0.2, 0.25) is 0 Å². The molecule has 0 saturated carbocycles. The van der Waals surface area contributed by atoms with Crippen LogP contribution in [0.5, 0.6) is 0 Å². The maximum absolute atomic E-state index is 13.2. The molecule has 3 aromatic heterocycles. The molecule has 0 aliphatic heterocycles. The van der Waals surface area contributed by atoms with Gasteiger partial charge in [0.1, 0.15) is 22.7 Å². The van der Waals surface area contributed by atoms with E-state index in [2.05, 4.69) is 20.3 Å². The van der Waals surface area contributed by atoms with E-state index < -0.39 is 11.4 Å². The summed E-state index contributed by atoms with van der Waals surface area (Å²) in [6.45, 7) is 3.24. The Morgan fingerprint density at radius 1 is 1.13 bits per heavy atom. The minimum absolute atomic E-state index is 0.219. The van der Waals surface area contributed by atoms with Gasteiger partial charge in [-0.25, -0.2) is 14.4 Å². The van der Waals surface area contributed by atoms with Crippen molar-refractivity contribution in [1.82, 2.24) is 20.3 Å². The van der Waals surface area contributed by atoms with Crippen LogP contribution in [0.2, 0.25) is 0 Å². The van der Waals surface area contributed by atoms with E-state index in [1.807, 2.05) is 18.2 Å². The molecule has 0 bridgehead atoms. The number of halogens is 1. The third kappa shape index (κ3) is 3.89. The molecule has 0 atom stereocenters. The molecule has 1 amide bonds. The largest absolute Gasteiger partial charge is 0.339 e. The number of benzene rings is 1. The average Bonchev–Trinajstić information content (AvgIpc) is 3.17. The topological polar surface area (TPSA) is 94.5 Å². The van der Waals surface area contributed by atoms with E-state index in [-0.39, 0.29) is 11.5 Å². The van der Waals surface area contributed by atoms with E-state index >= 15 is 0 Å². The number of hydrogen-bond donors (Lipinski definition) is 2. The van der Waals surface area contributed by atoms with E-state index in [0.717, 1.165) is 22.2 Å². The zero-order chi connectivity index (χ0) is 21.3. The van der Waals surface area contributed by atoms with Gasteiger partial charge >= 0.3 is 0 Å². The fourth-order valence-corrected chi connectivity index (χ4v) is 3.04. The Bertz CT molecular complexity index is 1290. The van der Waals surface area contributed by atoms with Crippen LogP contribution in [0.1, 0.15) is 24.3 Å². The van der Waals surface area contributed by atoms with E-state index in [0.29, 0.717) is 11.3 Å². The van der Waals surface area contributed by atoms with Crippen molar-refractivity contribution < 1.29 is 9.18 Å². The first-order valence-corrected chi connectivity index (χ1v) is 9.30. The second-order valence-corrected chi connectivity index (χ2v) is 7.45. The predicted molar refractivity (Wildman–Crippen MR) is 112 cm³/mol. The van der Waals surface area contributed by atoms with Crippen molar-refractivity contribution in [1.29, 1.82) is 5.26 Å². The summed E-state index contributed by atoms with van der Waals surface area (Å²) in [5.74, 6) is -0.707. The number of carbonyl (C=O) groups excluding carboxylic acids is 1. The van der Waals surface area contributed by atoms with Crippen LogP contribution in [0, 0.1) is 17.1 Å². The summed E-state index contributed by atoms with van der Waals surface area (Å²) in [6.07, 6.45) is 1.68. The number of rotatable bonds is 4. The summed E-state index contributed by atoms with van der Waals surface area (Å²) in [5, 5.41) is 12.6. The Kier molecular flexibility index (Phi) is 4.76. The Labute approximate surface area is 172 Å². The monoisotopic (exact) mass is 399 g/mol. The van der Waals surface area contributed by atoms with Gasteiger partial charge < -0.3 is 10.3 Å². The summed E-state index contributed by atoms with van der Waals surface area (Å²) in [7, 11) is 0. The van der Waals surface area contributed by atoms with Crippen molar-refractivity contribution in [2.75, 3.05) is 0 Å². The highest BCUT2D eigenvalue weighted by atomic mass is 19.1.